The normalized spacial score (nSPS) is 23.5. The van der Waals surface area contributed by atoms with E-state index in [1.54, 1.807) is 0 Å². The SMILES string of the molecule is Cc1ccsc1N1CCNC(C)C1. The van der Waals surface area contributed by atoms with E-state index in [1.807, 2.05) is 11.3 Å². The van der Waals surface area contributed by atoms with Gasteiger partial charge in [-0.05, 0) is 30.9 Å². The molecule has 1 aliphatic heterocycles. The minimum atomic E-state index is 0.621. The molecule has 0 spiro atoms. The van der Waals surface area contributed by atoms with Crippen molar-refractivity contribution in [2.24, 2.45) is 0 Å². The Morgan fingerprint density at radius 2 is 2.46 bits per heavy atom. The summed E-state index contributed by atoms with van der Waals surface area (Å²) in [5, 5.41) is 7.09. The predicted octanol–water partition coefficient (Wildman–Crippen LogP) is 1.85. The highest BCUT2D eigenvalue weighted by molar-refractivity contribution is 7.14. The van der Waals surface area contributed by atoms with Gasteiger partial charge in [-0.15, -0.1) is 11.3 Å². The van der Waals surface area contributed by atoms with Crippen molar-refractivity contribution >= 4 is 16.3 Å². The van der Waals surface area contributed by atoms with Crippen LogP contribution in [0.1, 0.15) is 12.5 Å². The molecule has 2 heterocycles. The lowest BCUT2D eigenvalue weighted by atomic mass is 10.2. The Bertz CT molecular complexity index is 282. The fourth-order valence-corrected chi connectivity index (χ4v) is 2.78. The number of aryl methyl sites for hydroxylation is 1. The largest absolute Gasteiger partial charge is 0.360 e. The van der Waals surface area contributed by atoms with E-state index in [0.29, 0.717) is 6.04 Å². The van der Waals surface area contributed by atoms with Crippen LogP contribution in [0.15, 0.2) is 11.4 Å². The number of rotatable bonds is 1. The Balaban J connectivity index is 2.12. The van der Waals surface area contributed by atoms with Crippen LogP contribution in [0, 0.1) is 6.92 Å². The molecular weight excluding hydrogens is 180 g/mol. The van der Waals surface area contributed by atoms with Gasteiger partial charge in [0.25, 0.3) is 0 Å². The minimum Gasteiger partial charge on any atom is -0.360 e. The first-order valence-electron chi connectivity index (χ1n) is 4.80. The van der Waals surface area contributed by atoms with Crippen molar-refractivity contribution in [1.29, 1.82) is 0 Å². The molecule has 1 unspecified atom stereocenters. The third kappa shape index (κ3) is 1.86. The van der Waals surface area contributed by atoms with Gasteiger partial charge >= 0.3 is 0 Å². The van der Waals surface area contributed by atoms with Crippen LogP contribution in [-0.4, -0.2) is 25.7 Å². The molecule has 2 nitrogen and oxygen atoms in total. The van der Waals surface area contributed by atoms with Gasteiger partial charge in [-0.3, -0.25) is 0 Å². The first kappa shape index (κ1) is 9.03. The van der Waals surface area contributed by atoms with E-state index < -0.39 is 0 Å². The van der Waals surface area contributed by atoms with Gasteiger partial charge < -0.3 is 10.2 Å². The third-order valence-corrected chi connectivity index (χ3v) is 3.57. The molecule has 72 valence electrons. The first-order valence-corrected chi connectivity index (χ1v) is 5.68. The summed E-state index contributed by atoms with van der Waals surface area (Å²) in [6.45, 7) is 7.83. The van der Waals surface area contributed by atoms with Gasteiger partial charge in [0.2, 0.25) is 0 Å². The zero-order valence-corrected chi connectivity index (χ0v) is 9.03. The summed E-state index contributed by atoms with van der Waals surface area (Å²) >= 11 is 1.86. The average molecular weight is 196 g/mol. The van der Waals surface area contributed by atoms with Crippen molar-refractivity contribution in [3.63, 3.8) is 0 Å². The molecule has 1 atom stereocenters. The lowest BCUT2D eigenvalue weighted by molar-refractivity contribution is 0.486. The van der Waals surface area contributed by atoms with Crippen molar-refractivity contribution in [2.75, 3.05) is 24.5 Å². The van der Waals surface area contributed by atoms with Gasteiger partial charge in [0, 0.05) is 25.7 Å². The molecule has 0 aromatic carbocycles. The van der Waals surface area contributed by atoms with E-state index in [4.69, 9.17) is 0 Å². The molecule has 0 amide bonds. The van der Waals surface area contributed by atoms with E-state index in [0.717, 1.165) is 19.6 Å². The minimum absolute atomic E-state index is 0.621. The summed E-state index contributed by atoms with van der Waals surface area (Å²) in [6, 6.07) is 2.82. The molecular formula is C10H16N2S. The fraction of sp³-hybridized carbons (Fsp3) is 0.600. The highest BCUT2D eigenvalue weighted by atomic mass is 32.1. The van der Waals surface area contributed by atoms with Crippen molar-refractivity contribution in [1.82, 2.24) is 5.32 Å². The fourth-order valence-electron chi connectivity index (χ4n) is 1.81. The summed E-state index contributed by atoms with van der Waals surface area (Å²) in [6.07, 6.45) is 0. The Morgan fingerprint density at radius 1 is 1.62 bits per heavy atom. The van der Waals surface area contributed by atoms with Gasteiger partial charge in [-0.1, -0.05) is 0 Å². The topological polar surface area (TPSA) is 15.3 Å². The Kier molecular flexibility index (Phi) is 2.56. The van der Waals surface area contributed by atoms with E-state index in [2.05, 4.69) is 35.5 Å². The summed E-state index contributed by atoms with van der Waals surface area (Å²) in [7, 11) is 0. The number of piperazine rings is 1. The van der Waals surface area contributed by atoms with E-state index >= 15 is 0 Å². The second kappa shape index (κ2) is 3.68. The van der Waals surface area contributed by atoms with Gasteiger partial charge in [-0.25, -0.2) is 0 Å². The Hall–Kier alpha value is -0.540. The van der Waals surface area contributed by atoms with Crippen molar-refractivity contribution < 1.29 is 0 Å². The Labute approximate surface area is 83.6 Å². The molecule has 1 N–H and O–H groups in total. The second-order valence-corrected chi connectivity index (χ2v) is 4.60. The highest BCUT2D eigenvalue weighted by Gasteiger charge is 2.17. The van der Waals surface area contributed by atoms with Crippen LogP contribution in [-0.2, 0) is 0 Å². The number of nitrogens with zero attached hydrogens (tertiary/aromatic N) is 1. The van der Waals surface area contributed by atoms with Crippen molar-refractivity contribution in [3.8, 4) is 0 Å². The van der Waals surface area contributed by atoms with Crippen molar-refractivity contribution in [2.45, 2.75) is 19.9 Å². The molecule has 0 aliphatic carbocycles. The number of hydrogen-bond acceptors (Lipinski definition) is 3. The maximum Gasteiger partial charge on any atom is 0.0939 e. The monoisotopic (exact) mass is 196 g/mol. The molecule has 1 fully saturated rings. The van der Waals surface area contributed by atoms with Crippen LogP contribution in [0.3, 0.4) is 0 Å². The van der Waals surface area contributed by atoms with Gasteiger partial charge in [0.05, 0.1) is 5.00 Å². The number of hydrogen-bond donors (Lipinski definition) is 1. The molecule has 1 aliphatic rings. The number of nitrogens with one attached hydrogen (secondary N) is 1. The maximum absolute atomic E-state index is 3.46. The molecule has 1 saturated heterocycles. The smallest absolute Gasteiger partial charge is 0.0939 e. The van der Waals surface area contributed by atoms with E-state index in [9.17, 15) is 0 Å². The van der Waals surface area contributed by atoms with Crippen LogP contribution in [0.2, 0.25) is 0 Å². The number of thiophene rings is 1. The molecule has 1 aromatic heterocycles. The molecule has 0 bridgehead atoms. The molecule has 13 heavy (non-hydrogen) atoms. The standard InChI is InChI=1S/C10H16N2S/c1-8-3-6-13-10(8)12-5-4-11-9(2)7-12/h3,6,9,11H,4-5,7H2,1-2H3. The van der Waals surface area contributed by atoms with Gasteiger partial charge in [-0.2, -0.15) is 0 Å². The molecule has 2 rings (SSSR count). The Morgan fingerprint density at radius 3 is 3.08 bits per heavy atom. The van der Waals surface area contributed by atoms with E-state index in [1.165, 1.54) is 10.6 Å². The molecule has 0 radical (unpaired) electrons. The zero-order chi connectivity index (χ0) is 9.26. The maximum atomic E-state index is 3.46. The predicted molar refractivity (Wildman–Crippen MR) is 58.7 cm³/mol. The highest BCUT2D eigenvalue weighted by Crippen LogP contribution is 2.27. The summed E-state index contributed by atoms with van der Waals surface area (Å²) in [4.78, 5) is 2.49. The van der Waals surface area contributed by atoms with Gasteiger partial charge in [0.15, 0.2) is 0 Å². The molecule has 3 heteroatoms. The zero-order valence-electron chi connectivity index (χ0n) is 8.21. The average Bonchev–Trinajstić information content (AvgIpc) is 2.51. The quantitative estimate of drug-likeness (QED) is 0.737. The van der Waals surface area contributed by atoms with Crippen LogP contribution >= 0.6 is 11.3 Å². The second-order valence-electron chi connectivity index (χ2n) is 3.71. The lowest BCUT2D eigenvalue weighted by Gasteiger charge is -2.33. The third-order valence-electron chi connectivity index (χ3n) is 2.49. The summed E-state index contributed by atoms with van der Waals surface area (Å²) in [5.41, 5.74) is 1.42. The van der Waals surface area contributed by atoms with Crippen LogP contribution in [0.25, 0.3) is 0 Å². The first-order chi connectivity index (χ1) is 6.27. The summed E-state index contributed by atoms with van der Waals surface area (Å²) < 4.78 is 0. The van der Waals surface area contributed by atoms with Crippen LogP contribution in [0.5, 0.6) is 0 Å². The van der Waals surface area contributed by atoms with Gasteiger partial charge in [0.1, 0.15) is 0 Å². The summed E-state index contributed by atoms with van der Waals surface area (Å²) in [5.74, 6) is 0. The lowest BCUT2D eigenvalue weighted by Crippen LogP contribution is -2.49. The van der Waals surface area contributed by atoms with Crippen molar-refractivity contribution in [3.05, 3.63) is 17.0 Å². The van der Waals surface area contributed by atoms with E-state index in [-0.39, 0.29) is 0 Å². The molecule has 1 aromatic rings. The number of anilines is 1. The molecule has 0 saturated carbocycles. The van der Waals surface area contributed by atoms with Crippen LogP contribution in [0.4, 0.5) is 5.00 Å². The van der Waals surface area contributed by atoms with Crippen LogP contribution < -0.4 is 10.2 Å².